The summed E-state index contributed by atoms with van der Waals surface area (Å²) in [6, 6.07) is 7.77. The van der Waals surface area contributed by atoms with E-state index in [4.69, 9.17) is 0 Å². The van der Waals surface area contributed by atoms with E-state index in [1.807, 2.05) is 31.2 Å². The summed E-state index contributed by atoms with van der Waals surface area (Å²) >= 11 is 1.38. The van der Waals surface area contributed by atoms with Crippen LogP contribution in [0.4, 0.5) is 0 Å². The van der Waals surface area contributed by atoms with Crippen LogP contribution in [0.3, 0.4) is 0 Å². The number of rotatable bonds is 5. The maximum atomic E-state index is 12.2. The Bertz CT molecular complexity index is 508. The maximum absolute atomic E-state index is 12.2. The van der Waals surface area contributed by atoms with E-state index >= 15 is 0 Å². The number of aromatic nitrogens is 3. The van der Waals surface area contributed by atoms with Crippen molar-refractivity contribution in [3.8, 4) is 0 Å². The Morgan fingerprint density at radius 1 is 1.39 bits per heavy atom. The van der Waals surface area contributed by atoms with Crippen LogP contribution in [0, 0.1) is 0 Å². The van der Waals surface area contributed by atoms with Crippen LogP contribution < -0.4 is 0 Å². The minimum atomic E-state index is -0.176. The summed E-state index contributed by atoms with van der Waals surface area (Å²) < 4.78 is 0. The number of carbonyl (C=O) groups excluding carboxylic acids is 1. The monoisotopic (exact) mass is 261 g/mol. The smallest absolute Gasteiger partial charge is 0.184 e. The number of aryl methyl sites for hydroxylation is 1. The lowest BCUT2D eigenvalue weighted by molar-refractivity contribution is 0.0994. The molecule has 4 nitrogen and oxygen atoms in total. The number of benzene rings is 1. The number of hydrogen-bond acceptors (Lipinski definition) is 4. The third-order valence-electron chi connectivity index (χ3n) is 2.70. The summed E-state index contributed by atoms with van der Waals surface area (Å²) in [6.07, 6.45) is 2.42. The number of thioether (sulfide) groups is 1. The van der Waals surface area contributed by atoms with Gasteiger partial charge in [0.2, 0.25) is 0 Å². The average molecular weight is 261 g/mol. The molecule has 1 heterocycles. The molecule has 1 N–H and O–H groups in total. The second kappa shape index (κ2) is 5.82. The van der Waals surface area contributed by atoms with Crippen molar-refractivity contribution in [3.63, 3.8) is 0 Å². The zero-order chi connectivity index (χ0) is 13.0. The maximum Gasteiger partial charge on any atom is 0.184 e. The second-order valence-electron chi connectivity index (χ2n) is 3.97. The third kappa shape index (κ3) is 2.98. The highest BCUT2D eigenvalue weighted by molar-refractivity contribution is 8.00. The average Bonchev–Trinajstić information content (AvgIpc) is 2.91. The molecule has 1 aromatic heterocycles. The molecule has 5 heteroatoms. The molecule has 0 saturated carbocycles. The highest BCUT2D eigenvalue weighted by atomic mass is 32.2. The van der Waals surface area contributed by atoms with E-state index in [9.17, 15) is 4.79 Å². The number of aromatic amines is 1. The number of hydrogen-bond donors (Lipinski definition) is 1. The molecule has 94 valence electrons. The molecule has 0 aliphatic rings. The molecule has 0 saturated heterocycles. The van der Waals surface area contributed by atoms with E-state index < -0.39 is 0 Å². The van der Waals surface area contributed by atoms with Crippen LogP contribution in [0.1, 0.15) is 29.8 Å². The van der Waals surface area contributed by atoms with E-state index in [-0.39, 0.29) is 11.0 Å². The van der Waals surface area contributed by atoms with E-state index in [0.29, 0.717) is 5.16 Å². The molecule has 0 spiro atoms. The predicted octanol–water partition coefficient (Wildman–Crippen LogP) is 2.73. The van der Waals surface area contributed by atoms with Crippen LogP contribution in [-0.4, -0.2) is 26.2 Å². The van der Waals surface area contributed by atoms with Crippen molar-refractivity contribution in [1.29, 1.82) is 0 Å². The van der Waals surface area contributed by atoms with Gasteiger partial charge in [-0.15, -0.1) is 0 Å². The molecule has 0 amide bonds. The first-order valence-corrected chi connectivity index (χ1v) is 6.74. The third-order valence-corrected chi connectivity index (χ3v) is 3.68. The van der Waals surface area contributed by atoms with Crippen LogP contribution in [0.25, 0.3) is 0 Å². The first kappa shape index (κ1) is 12.8. The van der Waals surface area contributed by atoms with E-state index in [2.05, 4.69) is 22.1 Å². The Morgan fingerprint density at radius 3 is 2.67 bits per heavy atom. The summed E-state index contributed by atoms with van der Waals surface area (Å²) in [4.78, 5) is 16.2. The van der Waals surface area contributed by atoms with E-state index in [1.54, 1.807) is 0 Å². The van der Waals surface area contributed by atoms with Crippen LogP contribution in [0.15, 0.2) is 35.7 Å². The van der Waals surface area contributed by atoms with Gasteiger partial charge >= 0.3 is 0 Å². The lowest BCUT2D eigenvalue weighted by Crippen LogP contribution is -2.13. The largest absolute Gasteiger partial charge is 0.293 e. The van der Waals surface area contributed by atoms with Crippen molar-refractivity contribution in [2.75, 3.05) is 0 Å². The lowest BCUT2D eigenvalue weighted by Gasteiger charge is -2.08. The fraction of sp³-hybridized carbons (Fsp3) is 0.308. The van der Waals surface area contributed by atoms with Gasteiger partial charge in [0, 0.05) is 5.56 Å². The standard InChI is InChI=1S/C13H15N3OS/c1-3-10-4-6-11(7-5-10)12(17)9(2)18-13-14-8-15-16-13/h4-9H,3H2,1-2H3,(H,14,15,16)/t9-/m0/s1. The minimum absolute atomic E-state index is 0.110. The molecular formula is C13H15N3OS. The van der Waals surface area contributed by atoms with Gasteiger partial charge in [0.1, 0.15) is 6.33 Å². The van der Waals surface area contributed by atoms with Crippen LogP contribution in [0.2, 0.25) is 0 Å². The van der Waals surface area contributed by atoms with Gasteiger partial charge in [-0.1, -0.05) is 43.0 Å². The minimum Gasteiger partial charge on any atom is -0.293 e. The van der Waals surface area contributed by atoms with Gasteiger partial charge in [0.15, 0.2) is 10.9 Å². The summed E-state index contributed by atoms with van der Waals surface area (Å²) in [7, 11) is 0. The molecule has 0 fully saturated rings. The van der Waals surface area contributed by atoms with Crippen molar-refractivity contribution in [1.82, 2.24) is 15.2 Å². The molecule has 0 aliphatic heterocycles. The second-order valence-corrected chi connectivity index (χ2v) is 5.29. The molecule has 0 aliphatic carbocycles. The molecule has 0 unspecified atom stereocenters. The Hall–Kier alpha value is -1.62. The van der Waals surface area contributed by atoms with Crippen molar-refractivity contribution in [2.24, 2.45) is 0 Å². The Labute approximate surface area is 110 Å². The van der Waals surface area contributed by atoms with Gasteiger partial charge in [-0.3, -0.25) is 9.89 Å². The summed E-state index contributed by atoms with van der Waals surface area (Å²) in [5.74, 6) is 0.110. The molecule has 1 aromatic carbocycles. The van der Waals surface area contributed by atoms with Gasteiger partial charge in [-0.25, -0.2) is 4.98 Å². The van der Waals surface area contributed by atoms with Crippen LogP contribution in [-0.2, 0) is 6.42 Å². The first-order valence-electron chi connectivity index (χ1n) is 5.86. The van der Waals surface area contributed by atoms with Gasteiger partial charge in [0.25, 0.3) is 0 Å². The number of nitrogens with zero attached hydrogens (tertiary/aromatic N) is 2. The number of Topliss-reactive ketones (excluding diaryl/α,β-unsaturated/α-hetero) is 1. The zero-order valence-electron chi connectivity index (χ0n) is 10.4. The lowest BCUT2D eigenvalue weighted by atomic mass is 10.1. The Kier molecular flexibility index (Phi) is 4.15. The fourth-order valence-electron chi connectivity index (χ4n) is 1.61. The Balaban J connectivity index is 2.05. The van der Waals surface area contributed by atoms with Gasteiger partial charge in [-0.2, -0.15) is 5.10 Å². The molecule has 2 rings (SSSR count). The zero-order valence-corrected chi connectivity index (χ0v) is 11.2. The number of carbonyl (C=O) groups is 1. The van der Waals surface area contributed by atoms with Gasteiger partial charge < -0.3 is 0 Å². The molecular weight excluding hydrogens is 246 g/mol. The van der Waals surface area contributed by atoms with Crippen molar-refractivity contribution < 1.29 is 4.79 Å². The first-order chi connectivity index (χ1) is 8.70. The fourth-order valence-corrected chi connectivity index (χ4v) is 2.40. The highest BCUT2D eigenvalue weighted by Gasteiger charge is 2.17. The topological polar surface area (TPSA) is 58.6 Å². The quantitative estimate of drug-likeness (QED) is 0.664. The van der Waals surface area contributed by atoms with Crippen molar-refractivity contribution in [3.05, 3.63) is 41.7 Å². The SMILES string of the molecule is CCc1ccc(C(=O)[C@H](C)Sc2ncn[nH]2)cc1. The van der Waals surface area contributed by atoms with Crippen molar-refractivity contribution in [2.45, 2.75) is 30.7 Å². The summed E-state index contributed by atoms with van der Waals surface area (Å²) in [6.45, 7) is 3.97. The number of H-pyrrole nitrogens is 1. The van der Waals surface area contributed by atoms with Gasteiger partial charge in [-0.05, 0) is 18.9 Å². The molecule has 0 bridgehead atoms. The number of ketones is 1. The highest BCUT2D eigenvalue weighted by Crippen LogP contribution is 2.22. The summed E-state index contributed by atoms with van der Waals surface area (Å²) in [5, 5.41) is 7.00. The van der Waals surface area contributed by atoms with Crippen molar-refractivity contribution >= 4 is 17.5 Å². The van der Waals surface area contributed by atoms with Crippen LogP contribution in [0.5, 0.6) is 0 Å². The molecule has 2 aromatic rings. The Morgan fingerprint density at radius 2 is 2.11 bits per heavy atom. The van der Waals surface area contributed by atoms with Crippen LogP contribution >= 0.6 is 11.8 Å². The predicted molar refractivity (Wildman–Crippen MR) is 71.9 cm³/mol. The van der Waals surface area contributed by atoms with E-state index in [1.165, 1.54) is 23.7 Å². The van der Waals surface area contributed by atoms with E-state index in [0.717, 1.165) is 12.0 Å². The normalized spacial score (nSPS) is 12.3. The molecule has 18 heavy (non-hydrogen) atoms. The molecule has 1 atom stereocenters. The molecule has 0 radical (unpaired) electrons. The number of nitrogens with one attached hydrogen (secondary N) is 1. The van der Waals surface area contributed by atoms with Gasteiger partial charge in [0.05, 0.1) is 5.25 Å². The summed E-state index contributed by atoms with van der Waals surface area (Å²) in [5.41, 5.74) is 1.98.